The summed E-state index contributed by atoms with van der Waals surface area (Å²) >= 11 is 0. The first-order valence-electron chi connectivity index (χ1n) is 8.16. The zero-order valence-electron chi connectivity index (χ0n) is 14.3. The topological polar surface area (TPSA) is 58.1 Å². The number of anilines is 2. The highest BCUT2D eigenvalue weighted by Crippen LogP contribution is 2.19. The monoisotopic (exact) mass is 330 g/mol. The minimum absolute atomic E-state index is 0.0409. The van der Waals surface area contributed by atoms with Crippen LogP contribution in [0.1, 0.15) is 31.5 Å². The van der Waals surface area contributed by atoms with Gasteiger partial charge in [0.15, 0.2) is 11.6 Å². The predicted molar refractivity (Wildman–Crippen MR) is 93.7 cm³/mol. The molecule has 0 spiro atoms. The highest BCUT2D eigenvalue weighted by molar-refractivity contribution is 5.94. The van der Waals surface area contributed by atoms with Crippen molar-refractivity contribution in [3.63, 3.8) is 0 Å². The maximum Gasteiger partial charge on any atom is 0.243 e. The number of hydrogen-bond acceptors (Lipinski definition) is 4. The first-order chi connectivity index (χ1) is 11.6. The van der Waals surface area contributed by atoms with Gasteiger partial charge in [0.2, 0.25) is 5.91 Å². The van der Waals surface area contributed by atoms with Gasteiger partial charge < -0.3 is 10.2 Å². The fourth-order valence-corrected chi connectivity index (χ4v) is 2.47. The quantitative estimate of drug-likeness (QED) is 0.846. The molecule has 128 valence electrons. The molecule has 1 aromatic carbocycles. The van der Waals surface area contributed by atoms with Gasteiger partial charge in [0.05, 0.1) is 12.2 Å². The van der Waals surface area contributed by atoms with E-state index in [9.17, 15) is 9.18 Å². The van der Waals surface area contributed by atoms with E-state index in [0.29, 0.717) is 18.7 Å². The Morgan fingerprint density at radius 1 is 1.25 bits per heavy atom. The van der Waals surface area contributed by atoms with Crippen LogP contribution in [-0.2, 0) is 11.2 Å². The molecule has 5 nitrogen and oxygen atoms in total. The fourth-order valence-electron chi connectivity index (χ4n) is 2.47. The number of benzene rings is 1. The second-order valence-electron chi connectivity index (χ2n) is 5.60. The second-order valence-corrected chi connectivity index (χ2v) is 5.60. The summed E-state index contributed by atoms with van der Waals surface area (Å²) in [7, 11) is 0. The van der Waals surface area contributed by atoms with E-state index in [2.05, 4.69) is 15.3 Å². The van der Waals surface area contributed by atoms with Crippen LogP contribution in [0.25, 0.3) is 0 Å². The van der Waals surface area contributed by atoms with E-state index in [1.165, 1.54) is 6.33 Å². The summed E-state index contributed by atoms with van der Waals surface area (Å²) in [4.78, 5) is 22.0. The van der Waals surface area contributed by atoms with Crippen LogP contribution >= 0.6 is 0 Å². The fraction of sp³-hybridized carbons (Fsp3) is 0.389. The number of amides is 1. The van der Waals surface area contributed by atoms with Gasteiger partial charge in [-0.25, -0.2) is 14.4 Å². The van der Waals surface area contributed by atoms with Crippen LogP contribution < -0.4 is 10.2 Å². The molecule has 2 rings (SSSR count). The van der Waals surface area contributed by atoms with Crippen LogP contribution in [0.5, 0.6) is 0 Å². The van der Waals surface area contributed by atoms with Crippen molar-refractivity contribution in [2.75, 3.05) is 23.3 Å². The van der Waals surface area contributed by atoms with E-state index in [-0.39, 0.29) is 18.3 Å². The zero-order chi connectivity index (χ0) is 17.5. The molecule has 1 heterocycles. The highest BCUT2D eigenvalue weighted by Gasteiger charge is 2.19. The lowest BCUT2D eigenvalue weighted by molar-refractivity contribution is -0.115. The van der Waals surface area contributed by atoms with Gasteiger partial charge in [-0.05, 0) is 31.4 Å². The van der Waals surface area contributed by atoms with Gasteiger partial charge in [0.1, 0.15) is 6.33 Å². The molecular weight excluding hydrogens is 307 g/mol. The molecule has 0 bridgehead atoms. The van der Waals surface area contributed by atoms with E-state index in [1.54, 1.807) is 4.90 Å². The Labute approximate surface area is 141 Å². The number of aryl methyl sites for hydroxylation is 2. The van der Waals surface area contributed by atoms with Crippen molar-refractivity contribution < 1.29 is 9.18 Å². The van der Waals surface area contributed by atoms with Gasteiger partial charge >= 0.3 is 0 Å². The van der Waals surface area contributed by atoms with Crippen molar-refractivity contribution in [1.29, 1.82) is 0 Å². The number of para-hydroxylation sites is 1. The molecule has 1 amide bonds. The maximum atomic E-state index is 14.5. The molecule has 0 saturated carbocycles. The van der Waals surface area contributed by atoms with Crippen LogP contribution in [0.4, 0.5) is 15.9 Å². The third-order valence-electron chi connectivity index (χ3n) is 3.72. The van der Waals surface area contributed by atoms with E-state index >= 15 is 0 Å². The number of aromatic nitrogens is 2. The molecular formula is C18H23FN4O. The Bertz CT molecular complexity index is 705. The molecule has 0 aliphatic heterocycles. The van der Waals surface area contributed by atoms with Crippen LogP contribution in [0.3, 0.4) is 0 Å². The largest absolute Gasteiger partial charge is 0.345 e. The summed E-state index contributed by atoms with van der Waals surface area (Å²) < 4.78 is 14.5. The van der Waals surface area contributed by atoms with E-state index in [0.717, 1.165) is 17.7 Å². The number of hydrogen-bond donors (Lipinski definition) is 1. The molecule has 1 aromatic heterocycles. The summed E-state index contributed by atoms with van der Waals surface area (Å²) in [6.07, 6.45) is 2.61. The molecule has 0 fully saturated rings. The lowest BCUT2D eigenvalue weighted by Gasteiger charge is -2.23. The standard InChI is InChI=1S/C18H23FN4O/c1-4-10-23(18-17(19)14(5-2)20-12-21-18)11-16(24)22-15-9-7-6-8-13(15)3/h6-9,12H,4-5,10-11H2,1-3H3,(H,22,24). The number of halogens is 1. The van der Waals surface area contributed by atoms with Crippen molar-refractivity contribution in [1.82, 2.24) is 9.97 Å². The zero-order valence-corrected chi connectivity index (χ0v) is 14.3. The molecule has 0 aliphatic carbocycles. The molecule has 0 saturated heterocycles. The third kappa shape index (κ3) is 4.28. The summed E-state index contributed by atoms with van der Waals surface area (Å²) in [6.45, 7) is 6.32. The van der Waals surface area contributed by atoms with Crippen molar-refractivity contribution in [3.05, 3.63) is 47.7 Å². The van der Waals surface area contributed by atoms with Crippen LogP contribution in [0.2, 0.25) is 0 Å². The summed E-state index contributed by atoms with van der Waals surface area (Å²) in [5.41, 5.74) is 2.10. The molecule has 0 unspecified atom stereocenters. The smallest absolute Gasteiger partial charge is 0.243 e. The number of carbonyl (C=O) groups excluding carboxylic acids is 1. The van der Waals surface area contributed by atoms with Crippen molar-refractivity contribution >= 4 is 17.4 Å². The van der Waals surface area contributed by atoms with Gasteiger partial charge in [0.25, 0.3) is 0 Å². The molecule has 2 aromatic rings. The van der Waals surface area contributed by atoms with Crippen molar-refractivity contribution in [3.8, 4) is 0 Å². The van der Waals surface area contributed by atoms with Gasteiger partial charge in [-0.3, -0.25) is 4.79 Å². The summed E-state index contributed by atoms with van der Waals surface area (Å²) in [6, 6.07) is 7.55. The molecule has 6 heteroatoms. The number of rotatable bonds is 7. The summed E-state index contributed by atoms with van der Waals surface area (Å²) in [5.74, 6) is -0.463. The van der Waals surface area contributed by atoms with Crippen molar-refractivity contribution in [2.45, 2.75) is 33.6 Å². The molecule has 0 radical (unpaired) electrons. The van der Waals surface area contributed by atoms with Crippen LogP contribution in [-0.4, -0.2) is 29.0 Å². The maximum absolute atomic E-state index is 14.5. The molecule has 1 N–H and O–H groups in total. The summed E-state index contributed by atoms with van der Waals surface area (Å²) in [5, 5.41) is 2.87. The lowest BCUT2D eigenvalue weighted by atomic mass is 10.2. The van der Waals surface area contributed by atoms with Crippen LogP contribution in [0, 0.1) is 12.7 Å². The van der Waals surface area contributed by atoms with E-state index < -0.39 is 5.82 Å². The Morgan fingerprint density at radius 3 is 2.67 bits per heavy atom. The average Bonchev–Trinajstić information content (AvgIpc) is 2.57. The Balaban J connectivity index is 2.17. The van der Waals surface area contributed by atoms with Crippen molar-refractivity contribution in [2.24, 2.45) is 0 Å². The first-order valence-corrected chi connectivity index (χ1v) is 8.16. The molecule has 24 heavy (non-hydrogen) atoms. The second kappa shape index (κ2) is 8.38. The van der Waals surface area contributed by atoms with Gasteiger partial charge in [0, 0.05) is 12.2 Å². The third-order valence-corrected chi connectivity index (χ3v) is 3.72. The SMILES string of the molecule is CCCN(CC(=O)Nc1ccccc1C)c1ncnc(CC)c1F. The first kappa shape index (κ1) is 17.8. The van der Waals surface area contributed by atoms with E-state index in [4.69, 9.17) is 0 Å². The minimum Gasteiger partial charge on any atom is -0.345 e. The number of nitrogens with zero attached hydrogens (tertiary/aromatic N) is 3. The van der Waals surface area contributed by atoms with Gasteiger partial charge in [-0.2, -0.15) is 0 Å². The van der Waals surface area contributed by atoms with Gasteiger partial charge in [-0.1, -0.05) is 32.0 Å². The Hall–Kier alpha value is -2.50. The normalized spacial score (nSPS) is 10.5. The highest BCUT2D eigenvalue weighted by atomic mass is 19.1. The lowest BCUT2D eigenvalue weighted by Crippen LogP contribution is -2.35. The Morgan fingerprint density at radius 2 is 2.00 bits per heavy atom. The molecule has 0 aliphatic rings. The predicted octanol–water partition coefficient (Wildman–Crippen LogP) is 3.34. The van der Waals surface area contributed by atoms with Gasteiger partial charge in [-0.15, -0.1) is 0 Å². The minimum atomic E-state index is -0.447. The average molecular weight is 330 g/mol. The van der Waals surface area contributed by atoms with E-state index in [1.807, 2.05) is 45.0 Å². The Kier molecular flexibility index (Phi) is 6.23. The van der Waals surface area contributed by atoms with Crippen LogP contribution in [0.15, 0.2) is 30.6 Å². The number of nitrogens with one attached hydrogen (secondary N) is 1. The number of carbonyl (C=O) groups is 1. The molecule has 0 atom stereocenters.